The first-order valence-corrected chi connectivity index (χ1v) is 5.07. The molecule has 2 heteroatoms. The quantitative estimate of drug-likeness (QED) is 0.433. The molecule has 0 aromatic heterocycles. The van der Waals surface area contributed by atoms with Crippen LogP contribution in [0.5, 0.6) is 0 Å². The maximum Gasteiger partial charge on any atom is 0.184 e. The molecule has 76 valence electrons. The van der Waals surface area contributed by atoms with Gasteiger partial charge in [-0.2, -0.15) is 0 Å². The Kier molecular flexibility index (Phi) is 4.76. The van der Waals surface area contributed by atoms with Crippen LogP contribution in [0.2, 0.25) is 0 Å². The molecule has 1 rings (SSSR count). The van der Waals surface area contributed by atoms with Gasteiger partial charge in [0.05, 0.1) is 6.61 Å². The first-order chi connectivity index (χ1) is 6.83. The SMILES string of the molecule is CCCCOC(=N)Cc1ccccc1. The third-order valence-corrected chi connectivity index (χ3v) is 1.98. The van der Waals surface area contributed by atoms with Crippen molar-refractivity contribution in [2.45, 2.75) is 26.2 Å². The van der Waals surface area contributed by atoms with Gasteiger partial charge < -0.3 is 4.74 Å². The summed E-state index contributed by atoms with van der Waals surface area (Å²) >= 11 is 0. The maximum atomic E-state index is 7.58. The van der Waals surface area contributed by atoms with E-state index in [2.05, 4.69) is 6.92 Å². The predicted octanol–water partition coefficient (Wildman–Crippen LogP) is 3.02. The van der Waals surface area contributed by atoms with Gasteiger partial charge in [0, 0.05) is 6.42 Å². The highest BCUT2D eigenvalue weighted by Crippen LogP contribution is 2.01. The second-order valence-corrected chi connectivity index (χ2v) is 3.29. The van der Waals surface area contributed by atoms with Crippen molar-refractivity contribution in [3.8, 4) is 0 Å². The number of unbranched alkanes of at least 4 members (excludes halogenated alkanes) is 1. The standard InChI is InChI=1S/C12H17NO/c1-2-3-9-14-12(13)10-11-7-5-4-6-8-11/h4-8,13H,2-3,9-10H2,1H3. The van der Waals surface area contributed by atoms with E-state index in [1.165, 1.54) is 0 Å². The van der Waals surface area contributed by atoms with Crippen LogP contribution < -0.4 is 0 Å². The van der Waals surface area contributed by atoms with Crippen molar-refractivity contribution in [3.63, 3.8) is 0 Å². The van der Waals surface area contributed by atoms with Crippen molar-refractivity contribution in [1.29, 1.82) is 5.41 Å². The third kappa shape index (κ3) is 4.08. The molecule has 2 nitrogen and oxygen atoms in total. The monoisotopic (exact) mass is 191 g/mol. The van der Waals surface area contributed by atoms with E-state index in [0.717, 1.165) is 18.4 Å². The zero-order chi connectivity index (χ0) is 10.2. The van der Waals surface area contributed by atoms with Crippen molar-refractivity contribution in [3.05, 3.63) is 35.9 Å². The van der Waals surface area contributed by atoms with E-state index < -0.39 is 0 Å². The second kappa shape index (κ2) is 6.19. The third-order valence-electron chi connectivity index (χ3n) is 1.98. The van der Waals surface area contributed by atoms with Crippen LogP contribution in [0.4, 0.5) is 0 Å². The molecule has 0 spiro atoms. The fourth-order valence-corrected chi connectivity index (χ4v) is 1.17. The van der Waals surface area contributed by atoms with Crippen LogP contribution in [0.3, 0.4) is 0 Å². The van der Waals surface area contributed by atoms with E-state index in [1.54, 1.807) is 0 Å². The summed E-state index contributed by atoms with van der Waals surface area (Å²) in [5, 5.41) is 7.58. The molecular formula is C12H17NO. The van der Waals surface area contributed by atoms with Crippen LogP contribution in [-0.4, -0.2) is 12.5 Å². The van der Waals surface area contributed by atoms with Crippen molar-refractivity contribution in [2.24, 2.45) is 0 Å². The molecule has 0 heterocycles. The van der Waals surface area contributed by atoms with Gasteiger partial charge in [-0.1, -0.05) is 43.7 Å². The highest BCUT2D eigenvalue weighted by Gasteiger charge is 1.98. The minimum Gasteiger partial charge on any atom is -0.481 e. The number of ether oxygens (including phenoxy) is 1. The fraction of sp³-hybridized carbons (Fsp3) is 0.417. The zero-order valence-electron chi connectivity index (χ0n) is 8.62. The highest BCUT2D eigenvalue weighted by atomic mass is 16.5. The normalized spacial score (nSPS) is 9.79. The van der Waals surface area contributed by atoms with Gasteiger partial charge in [0.15, 0.2) is 5.90 Å². The zero-order valence-corrected chi connectivity index (χ0v) is 8.62. The number of benzene rings is 1. The molecule has 1 aromatic rings. The minimum absolute atomic E-state index is 0.365. The Bertz CT molecular complexity index is 269. The molecule has 0 bridgehead atoms. The van der Waals surface area contributed by atoms with Crippen molar-refractivity contribution in [2.75, 3.05) is 6.61 Å². The molecule has 0 aliphatic rings. The first kappa shape index (κ1) is 10.8. The van der Waals surface area contributed by atoms with E-state index in [-0.39, 0.29) is 0 Å². The van der Waals surface area contributed by atoms with E-state index in [0.29, 0.717) is 18.9 Å². The Morgan fingerprint density at radius 2 is 2.00 bits per heavy atom. The van der Waals surface area contributed by atoms with Gasteiger partial charge in [-0.15, -0.1) is 0 Å². The minimum atomic E-state index is 0.365. The van der Waals surface area contributed by atoms with Gasteiger partial charge in [-0.25, -0.2) is 0 Å². The molecule has 0 atom stereocenters. The van der Waals surface area contributed by atoms with Gasteiger partial charge in [-0.3, -0.25) is 5.41 Å². The van der Waals surface area contributed by atoms with Gasteiger partial charge in [0.2, 0.25) is 0 Å². The Hall–Kier alpha value is -1.31. The molecule has 0 saturated heterocycles. The molecule has 0 radical (unpaired) electrons. The molecule has 0 aliphatic carbocycles. The van der Waals surface area contributed by atoms with Crippen molar-refractivity contribution >= 4 is 5.90 Å². The summed E-state index contributed by atoms with van der Waals surface area (Å²) in [6, 6.07) is 9.96. The topological polar surface area (TPSA) is 33.1 Å². The maximum absolute atomic E-state index is 7.58. The number of hydrogen-bond acceptors (Lipinski definition) is 2. The fourth-order valence-electron chi connectivity index (χ4n) is 1.17. The Labute approximate surface area is 85.4 Å². The van der Waals surface area contributed by atoms with Crippen LogP contribution in [0.1, 0.15) is 25.3 Å². The lowest BCUT2D eigenvalue weighted by Gasteiger charge is -2.06. The van der Waals surface area contributed by atoms with Crippen LogP contribution in [0.15, 0.2) is 30.3 Å². The summed E-state index contributed by atoms with van der Waals surface area (Å²) in [6.07, 6.45) is 2.74. The average Bonchev–Trinajstić information content (AvgIpc) is 2.20. The van der Waals surface area contributed by atoms with E-state index in [9.17, 15) is 0 Å². The average molecular weight is 191 g/mol. The summed E-state index contributed by atoms with van der Waals surface area (Å²) in [5.74, 6) is 0.365. The highest BCUT2D eigenvalue weighted by molar-refractivity contribution is 5.75. The summed E-state index contributed by atoms with van der Waals surface area (Å²) in [4.78, 5) is 0. The predicted molar refractivity (Wildman–Crippen MR) is 58.7 cm³/mol. The molecule has 0 amide bonds. The molecule has 0 aliphatic heterocycles. The lowest BCUT2D eigenvalue weighted by atomic mass is 10.1. The van der Waals surface area contributed by atoms with Crippen LogP contribution >= 0.6 is 0 Å². The van der Waals surface area contributed by atoms with Crippen LogP contribution in [0, 0.1) is 5.41 Å². The number of hydrogen-bond donors (Lipinski definition) is 1. The van der Waals surface area contributed by atoms with Crippen LogP contribution in [-0.2, 0) is 11.2 Å². The van der Waals surface area contributed by atoms with E-state index >= 15 is 0 Å². The molecule has 1 N–H and O–H groups in total. The lowest BCUT2D eigenvalue weighted by molar-refractivity contribution is 0.287. The molecular weight excluding hydrogens is 174 g/mol. The van der Waals surface area contributed by atoms with Gasteiger partial charge >= 0.3 is 0 Å². The smallest absolute Gasteiger partial charge is 0.184 e. The van der Waals surface area contributed by atoms with E-state index in [1.807, 2.05) is 30.3 Å². The van der Waals surface area contributed by atoms with E-state index in [4.69, 9.17) is 10.1 Å². The molecule has 1 aromatic carbocycles. The largest absolute Gasteiger partial charge is 0.481 e. The second-order valence-electron chi connectivity index (χ2n) is 3.29. The summed E-state index contributed by atoms with van der Waals surface area (Å²) in [5.41, 5.74) is 1.13. The van der Waals surface area contributed by atoms with Crippen molar-refractivity contribution in [1.82, 2.24) is 0 Å². The lowest BCUT2D eigenvalue weighted by Crippen LogP contribution is -2.07. The van der Waals surface area contributed by atoms with Gasteiger partial charge in [0.1, 0.15) is 0 Å². The van der Waals surface area contributed by atoms with Crippen LogP contribution in [0.25, 0.3) is 0 Å². The Balaban J connectivity index is 2.27. The molecule has 0 unspecified atom stereocenters. The van der Waals surface area contributed by atoms with Crippen molar-refractivity contribution < 1.29 is 4.74 Å². The summed E-state index contributed by atoms with van der Waals surface area (Å²) < 4.78 is 5.27. The Morgan fingerprint density at radius 3 is 2.64 bits per heavy atom. The molecule has 0 saturated carbocycles. The number of nitrogens with one attached hydrogen (secondary N) is 1. The first-order valence-electron chi connectivity index (χ1n) is 5.07. The number of rotatable bonds is 5. The van der Waals surface area contributed by atoms with Gasteiger partial charge in [-0.05, 0) is 12.0 Å². The summed E-state index contributed by atoms with van der Waals surface area (Å²) in [6.45, 7) is 2.78. The molecule has 0 fully saturated rings. The Morgan fingerprint density at radius 1 is 1.29 bits per heavy atom. The summed E-state index contributed by atoms with van der Waals surface area (Å²) in [7, 11) is 0. The van der Waals surface area contributed by atoms with Gasteiger partial charge in [0.25, 0.3) is 0 Å². The molecule has 14 heavy (non-hydrogen) atoms.